The minimum Gasteiger partial charge on any atom is -0.496 e. The van der Waals surface area contributed by atoms with Crippen molar-refractivity contribution >= 4 is 5.97 Å². The number of ether oxygens (including phenoxy) is 1. The summed E-state index contributed by atoms with van der Waals surface area (Å²) < 4.78 is 7.09. The van der Waals surface area contributed by atoms with E-state index in [2.05, 4.69) is 51.9 Å². The highest BCUT2D eigenvalue weighted by Gasteiger charge is 2.28. The predicted molar refractivity (Wildman–Crippen MR) is 99.3 cm³/mol. The fourth-order valence-corrected chi connectivity index (χ4v) is 3.58. The van der Waals surface area contributed by atoms with Gasteiger partial charge in [-0.15, -0.1) is 0 Å². The Morgan fingerprint density at radius 1 is 1.20 bits per heavy atom. The van der Waals surface area contributed by atoms with E-state index in [1.54, 1.807) is 24.9 Å². The first-order chi connectivity index (χ1) is 11.4. The van der Waals surface area contributed by atoms with Crippen molar-refractivity contribution in [3.8, 4) is 17.0 Å². The summed E-state index contributed by atoms with van der Waals surface area (Å²) in [5.74, 6) is -0.333. The fourth-order valence-electron chi connectivity index (χ4n) is 3.58. The number of carbonyl (C=O) groups is 1. The minimum absolute atomic E-state index is 0.0203. The van der Waals surface area contributed by atoms with Crippen molar-refractivity contribution in [1.29, 1.82) is 0 Å². The summed E-state index contributed by atoms with van der Waals surface area (Å²) in [7, 11) is 3.36. The van der Waals surface area contributed by atoms with Gasteiger partial charge in [0.15, 0.2) is 5.69 Å². The zero-order valence-corrected chi connectivity index (χ0v) is 16.2. The van der Waals surface area contributed by atoms with E-state index in [1.165, 1.54) is 5.56 Å². The Bertz CT molecular complexity index is 783. The number of aromatic carboxylic acids is 1. The molecule has 25 heavy (non-hydrogen) atoms. The Balaban J connectivity index is 2.57. The molecule has 0 aliphatic rings. The molecular formula is C20H28N2O3. The molecule has 2 aromatic rings. The van der Waals surface area contributed by atoms with Crippen molar-refractivity contribution in [1.82, 2.24) is 9.78 Å². The van der Waals surface area contributed by atoms with Gasteiger partial charge in [0.25, 0.3) is 0 Å². The van der Waals surface area contributed by atoms with Crippen molar-refractivity contribution in [3.63, 3.8) is 0 Å². The number of aryl methyl sites for hydroxylation is 1. The summed E-state index contributed by atoms with van der Waals surface area (Å²) in [5.41, 5.74) is 2.97. The van der Waals surface area contributed by atoms with E-state index in [0.717, 1.165) is 17.7 Å². The standard InChI is InChI=1S/C20H28N2O3/c1-19(2,3)12-20(4,5)13-8-9-17(25-7)14(10-13)16-11-15(18(23)24)21-22(16)6/h8-11H,12H2,1-7H3,(H,23,24). The zero-order valence-electron chi connectivity index (χ0n) is 16.2. The first-order valence-corrected chi connectivity index (χ1v) is 8.41. The first kappa shape index (κ1) is 19.0. The number of aromatic nitrogens is 2. The van der Waals surface area contributed by atoms with Gasteiger partial charge in [0.1, 0.15) is 5.75 Å². The second kappa shape index (κ2) is 6.54. The summed E-state index contributed by atoms with van der Waals surface area (Å²) in [4.78, 5) is 11.2. The third kappa shape index (κ3) is 4.21. The van der Waals surface area contributed by atoms with Crippen LogP contribution in [-0.2, 0) is 12.5 Å². The highest BCUT2D eigenvalue weighted by molar-refractivity contribution is 5.87. The van der Waals surface area contributed by atoms with Crippen LogP contribution in [0.1, 0.15) is 57.1 Å². The highest BCUT2D eigenvalue weighted by atomic mass is 16.5. The molecule has 5 nitrogen and oxygen atoms in total. The number of benzene rings is 1. The maximum absolute atomic E-state index is 11.2. The number of hydrogen-bond acceptors (Lipinski definition) is 3. The van der Waals surface area contributed by atoms with Gasteiger partial charge in [-0.25, -0.2) is 4.79 Å². The normalized spacial score (nSPS) is 12.3. The van der Waals surface area contributed by atoms with E-state index in [0.29, 0.717) is 5.75 Å². The fraction of sp³-hybridized carbons (Fsp3) is 0.500. The van der Waals surface area contributed by atoms with Crippen molar-refractivity contribution in [2.75, 3.05) is 7.11 Å². The molecule has 1 heterocycles. The summed E-state index contributed by atoms with van der Waals surface area (Å²) in [6, 6.07) is 7.71. The number of carboxylic acid groups (broad SMARTS) is 1. The molecule has 5 heteroatoms. The van der Waals surface area contributed by atoms with Crippen LogP contribution in [0.15, 0.2) is 24.3 Å². The van der Waals surface area contributed by atoms with Crippen molar-refractivity contribution in [3.05, 3.63) is 35.5 Å². The van der Waals surface area contributed by atoms with Crippen molar-refractivity contribution < 1.29 is 14.6 Å². The smallest absolute Gasteiger partial charge is 0.356 e. The molecule has 1 aromatic heterocycles. The molecule has 0 amide bonds. The van der Waals surface area contributed by atoms with Crippen LogP contribution >= 0.6 is 0 Å². The van der Waals surface area contributed by atoms with Gasteiger partial charge < -0.3 is 9.84 Å². The second-order valence-corrected chi connectivity index (χ2v) is 8.38. The Morgan fingerprint density at radius 3 is 2.32 bits per heavy atom. The Labute approximate surface area is 149 Å². The maximum Gasteiger partial charge on any atom is 0.356 e. The minimum atomic E-state index is -1.04. The van der Waals surface area contributed by atoms with E-state index >= 15 is 0 Å². The van der Waals surface area contributed by atoms with Gasteiger partial charge in [-0.2, -0.15) is 5.10 Å². The molecule has 0 bridgehead atoms. The lowest BCUT2D eigenvalue weighted by molar-refractivity contribution is 0.0689. The van der Waals surface area contributed by atoms with Crippen LogP contribution < -0.4 is 4.74 Å². The van der Waals surface area contributed by atoms with Crippen LogP contribution in [0.5, 0.6) is 5.75 Å². The number of rotatable bonds is 5. The van der Waals surface area contributed by atoms with Gasteiger partial charge in [-0.05, 0) is 41.0 Å². The lowest BCUT2D eigenvalue weighted by Crippen LogP contribution is -2.24. The molecule has 0 spiro atoms. The van der Waals surface area contributed by atoms with E-state index in [-0.39, 0.29) is 16.5 Å². The zero-order chi connectivity index (χ0) is 19.0. The average molecular weight is 344 g/mol. The molecule has 1 aromatic carbocycles. The van der Waals surface area contributed by atoms with E-state index in [9.17, 15) is 9.90 Å². The monoisotopic (exact) mass is 344 g/mol. The lowest BCUT2D eigenvalue weighted by atomic mass is 9.72. The van der Waals surface area contributed by atoms with Crippen LogP contribution in [0, 0.1) is 5.41 Å². The van der Waals surface area contributed by atoms with Gasteiger partial charge in [-0.1, -0.05) is 40.7 Å². The summed E-state index contributed by atoms with van der Waals surface area (Å²) in [6.07, 6.45) is 1.03. The number of hydrogen-bond donors (Lipinski definition) is 1. The third-order valence-electron chi connectivity index (χ3n) is 4.33. The molecule has 2 rings (SSSR count). The van der Waals surface area contributed by atoms with Gasteiger partial charge in [0, 0.05) is 12.6 Å². The Kier molecular flexibility index (Phi) is 4.98. The van der Waals surface area contributed by atoms with E-state index < -0.39 is 5.97 Å². The van der Waals surface area contributed by atoms with Crippen LogP contribution in [0.2, 0.25) is 0 Å². The summed E-state index contributed by atoms with van der Waals surface area (Å²) in [6.45, 7) is 11.2. The lowest BCUT2D eigenvalue weighted by Gasteiger charge is -2.33. The summed E-state index contributed by atoms with van der Waals surface area (Å²) in [5, 5.41) is 13.3. The van der Waals surface area contributed by atoms with Crippen LogP contribution in [-0.4, -0.2) is 28.0 Å². The molecule has 0 fully saturated rings. The third-order valence-corrected chi connectivity index (χ3v) is 4.33. The van der Waals surface area contributed by atoms with Crippen LogP contribution in [0.4, 0.5) is 0 Å². The topological polar surface area (TPSA) is 64.3 Å². The Hall–Kier alpha value is -2.30. The van der Waals surface area contributed by atoms with Crippen molar-refractivity contribution in [2.45, 2.75) is 46.5 Å². The molecule has 0 atom stereocenters. The summed E-state index contributed by atoms with van der Waals surface area (Å²) >= 11 is 0. The molecule has 0 aliphatic heterocycles. The second-order valence-electron chi connectivity index (χ2n) is 8.38. The molecule has 0 saturated heterocycles. The highest BCUT2D eigenvalue weighted by Crippen LogP contribution is 2.40. The molecule has 0 saturated carbocycles. The molecule has 0 aliphatic carbocycles. The largest absolute Gasteiger partial charge is 0.496 e. The molecular weight excluding hydrogens is 316 g/mol. The SMILES string of the molecule is COc1ccc(C(C)(C)CC(C)(C)C)cc1-c1cc(C(=O)O)nn1C. The number of carboxylic acids is 1. The molecule has 0 unspecified atom stereocenters. The average Bonchev–Trinajstić information content (AvgIpc) is 2.86. The van der Waals surface area contributed by atoms with E-state index in [4.69, 9.17) is 4.74 Å². The van der Waals surface area contributed by atoms with Gasteiger partial charge in [0.05, 0.1) is 12.8 Å². The van der Waals surface area contributed by atoms with Gasteiger partial charge in [-0.3, -0.25) is 4.68 Å². The maximum atomic E-state index is 11.2. The number of nitrogens with zero attached hydrogens (tertiary/aromatic N) is 2. The molecule has 1 N–H and O–H groups in total. The molecule has 136 valence electrons. The molecule has 0 radical (unpaired) electrons. The Morgan fingerprint density at radius 2 is 1.84 bits per heavy atom. The van der Waals surface area contributed by atoms with Crippen LogP contribution in [0.3, 0.4) is 0 Å². The van der Waals surface area contributed by atoms with Gasteiger partial charge >= 0.3 is 5.97 Å². The first-order valence-electron chi connectivity index (χ1n) is 8.41. The number of methoxy groups -OCH3 is 1. The van der Waals surface area contributed by atoms with Gasteiger partial charge in [0.2, 0.25) is 0 Å². The van der Waals surface area contributed by atoms with Crippen molar-refractivity contribution in [2.24, 2.45) is 12.5 Å². The quantitative estimate of drug-likeness (QED) is 0.867. The van der Waals surface area contributed by atoms with Crippen LogP contribution in [0.25, 0.3) is 11.3 Å². The predicted octanol–water partition coefficient (Wildman–Crippen LogP) is 4.51. The van der Waals surface area contributed by atoms with E-state index in [1.807, 2.05) is 6.07 Å².